The van der Waals surface area contributed by atoms with Crippen LogP contribution in [0.25, 0.3) is 0 Å². The zero-order chi connectivity index (χ0) is 21.9. The summed E-state index contributed by atoms with van der Waals surface area (Å²) in [6.07, 6.45) is 1.09. The van der Waals surface area contributed by atoms with Crippen molar-refractivity contribution in [2.24, 2.45) is 0 Å². The zero-order valence-electron chi connectivity index (χ0n) is 18.4. The van der Waals surface area contributed by atoms with Crippen LogP contribution in [0.15, 0.2) is 54.7 Å². The molecule has 0 heterocycles. The summed E-state index contributed by atoms with van der Waals surface area (Å²) in [6.45, 7) is 16.4. The standard InChI is InChI=1S/C25H33ClN4/c1-5-29(6-2)15-8-16-30(19-23-13-11-22(17-27)12-14-23)18-21(4)28-25-20(3)9-7-10-24(25)26/h7,9-14,28H,4-6,8,15-16,18-19H2,1-3H3. The number of para-hydroxylation sites is 1. The molecule has 0 aliphatic heterocycles. The molecular formula is C25H33ClN4. The first-order valence-electron chi connectivity index (χ1n) is 10.6. The van der Waals surface area contributed by atoms with Gasteiger partial charge in [0.25, 0.3) is 0 Å². The lowest BCUT2D eigenvalue weighted by Gasteiger charge is -2.26. The number of nitrogens with zero attached hydrogens (tertiary/aromatic N) is 3. The summed E-state index contributed by atoms with van der Waals surface area (Å²) in [5.41, 5.74) is 4.82. The first-order valence-corrected chi connectivity index (χ1v) is 11.0. The van der Waals surface area contributed by atoms with Gasteiger partial charge in [-0.1, -0.05) is 56.3 Å². The Morgan fingerprint density at radius 2 is 1.73 bits per heavy atom. The van der Waals surface area contributed by atoms with Crippen molar-refractivity contribution in [2.45, 2.75) is 33.7 Å². The fourth-order valence-electron chi connectivity index (χ4n) is 3.49. The minimum Gasteiger partial charge on any atom is -0.357 e. The van der Waals surface area contributed by atoms with Gasteiger partial charge in [-0.15, -0.1) is 0 Å². The van der Waals surface area contributed by atoms with Crippen molar-refractivity contribution in [3.8, 4) is 6.07 Å². The Morgan fingerprint density at radius 3 is 2.33 bits per heavy atom. The van der Waals surface area contributed by atoms with E-state index in [0.717, 1.165) is 62.6 Å². The maximum Gasteiger partial charge on any atom is 0.0991 e. The van der Waals surface area contributed by atoms with Crippen molar-refractivity contribution in [3.63, 3.8) is 0 Å². The monoisotopic (exact) mass is 424 g/mol. The summed E-state index contributed by atoms with van der Waals surface area (Å²) >= 11 is 6.37. The van der Waals surface area contributed by atoms with E-state index in [0.29, 0.717) is 10.6 Å². The zero-order valence-corrected chi connectivity index (χ0v) is 19.2. The van der Waals surface area contributed by atoms with Gasteiger partial charge in [-0.25, -0.2) is 0 Å². The van der Waals surface area contributed by atoms with E-state index in [-0.39, 0.29) is 0 Å². The third kappa shape index (κ3) is 7.50. The lowest BCUT2D eigenvalue weighted by molar-refractivity contribution is 0.243. The van der Waals surface area contributed by atoms with Crippen molar-refractivity contribution < 1.29 is 0 Å². The fourth-order valence-corrected chi connectivity index (χ4v) is 3.76. The van der Waals surface area contributed by atoms with Gasteiger partial charge >= 0.3 is 0 Å². The Labute approximate surface area is 186 Å². The molecule has 0 radical (unpaired) electrons. The van der Waals surface area contributed by atoms with E-state index in [2.05, 4.69) is 41.6 Å². The van der Waals surface area contributed by atoms with Crippen LogP contribution < -0.4 is 5.32 Å². The number of hydrogen-bond acceptors (Lipinski definition) is 4. The molecule has 0 spiro atoms. The minimum absolute atomic E-state index is 0.687. The average molecular weight is 425 g/mol. The van der Waals surface area contributed by atoms with Crippen LogP contribution in [0.5, 0.6) is 0 Å². The molecule has 30 heavy (non-hydrogen) atoms. The molecular weight excluding hydrogens is 392 g/mol. The number of halogens is 1. The molecule has 4 nitrogen and oxygen atoms in total. The first-order chi connectivity index (χ1) is 14.5. The molecule has 1 N–H and O–H groups in total. The minimum atomic E-state index is 0.687. The molecule has 0 fully saturated rings. The van der Waals surface area contributed by atoms with Gasteiger partial charge in [0.2, 0.25) is 0 Å². The van der Waals surface area contributed by atoms with E-state index in [9.17, 15) is 0 Å². The molecule has 0 amide bonds. The smallest absolute Gasteiger partial charge is 0.0991 e. The summed E-state index contributed by atoms with van der Waals surface area (Å²) in [4.78, 5) is 4.84. The molecule has 2 aromatic carbocycles. The molecule has 0 saturated carbocycles. The van der Waals surface area contributed by atoms with Crippen LogP contribution >= 0.6 is 11.6 Å². The molecule has 0 saturated heterocycles. The molecule has 5 heteroatoms. The van der Waals surface area contributed by atoms with E-state index in [1.54, 1.807) is 0 Å². The van der Waals surface area contributed by atoms with Gasteiger partial charge in [0, 0.05) is 25.3 Å². The molecule has 0 unspecified atom stereocenters. The number of nitrogens with one attached hydrogen (secondary N) is 1. The van der Waals surface area contributed by atoms with Crippen molar-refractivity contribution in [1.82, 2.24) is 9.80 Å². The molecule has 0 bridgehead atoms. The number of hydrogen-bond donors (Lipinski definition) is 1. The van der Waals surface area contributed by atoms with Gasteiger partial charge in [-0.3, -0.25) is 4.90 Å². The van der Waals surface area contributed by atoms with Crippen molar-refractivity contribution in [2.75, 3.05) is 38.0 Å². The summed E-state index contributed by atoms with van der Waals surface area (Å²) in [7, 11) is 0. The lowest BCUT2D eigenvalue weighted by atomic mass is 10.1. The van der Waals surface area contributed by atoms with Crippen LogP contribution in [-0.4, -0.2) is 42.5 Å². The average Bonchev–Trinajstić information content (AvgIpc) is 2.74. The Bertz CT molecular complexity index is 830. The second-order valence-electron chi connectivity index (χ2n) is 7.56. The van der Waals surface area contributed by atoms with Gasteiger partial charge < -0.3 is 10.2 Å². The summed E-state index contributed by atoms with van der Waals surface area (Å²) in [5, 5.41) is 13.2. The van der Waals surface area contributed by atoms with Crippen LogP contribution in [0, 0.1) is 18.3 Å². The molecule has 2 aromatic rings. The third-order valence-electron chi connectivity index (χ3n) is 5.27. The highest BCUT2D eigenvalue weighted by Gasteiger charge is 2.11. The first kappa shape index (κ1) is 24.0. The molecule has 0 aliphatic carbocycles. The van der Waals surface area contributed by atoms with E-state index in [4.69, 9.17) is 16.9 Å². The highest BCUT2D eigenvalue weighted by atomic mass is 35.5. The largest absolute Gasteiger partial charge is 0.357 e. The molecule has 0 aliphatic rings. The predicted molar refractivity (Wildman–Crippen MR) is 128 cm³/mol. The maximum atomic E-state index is 9.03. The van der Waals surface area contributed by atoms with Crippen LogP contribution in [0.1, 0.15) is 37.0 Å². The van der Waals surface area contributed by atoms with E-state index < -0.39 is 0 Å². The van der Waals surface area contributed by atoms with E-state index in [1.165, 1.54) is 5.56 Å². The lowest BCUT2D eigenvalue weighted by Crippen LogP contribution is -2.32. The second kappa shape index (κ2) is 12.4. The maximum absolute atomic E-state index is 9.03. The van der Waals surface area contributed by atoms with Crippen LogP contribution in [0.3, 0.4) is 0 Å². The highest BCUT2D eigenvalue weighted by Crippen LogP contribution is 2.26. The van der Waals surface area contributed by atoms with Crippen molar-refractivity contribution >= 4 is 17.3 Å². The van der Waals surface area contributed by atoms with E-state index >= 15 is 0 Å². The van der Waals surface area contributed by atoms with Crippen LogP contribution in [0.2, 0.25) is 5.02 Å². The number of benzene rings is 2. The molecule has 2 rings (SSSR count). The van der Waals surface area contributed by atoms with Gasteiger partial charge in [0.15, 0.2) is 0 Å². The second-order valence-corrected chi connectivity index (χ2v) is 7.97. The van der Waals surface area contributed by atoms with Gasteiger partial charge in [-0.05, 0) is 62.3 Å². The third-order valence-corrected chi connectivity index (χ3v) is 5.59. The van der Waals surface area contributed by atoms with Gasteiger partial charge in [-0.2, -0.15) is 5.26 Å². The van der Waals surface area contributed by atoms with Crippen molar-refractivity contribution in [3.05, 3.63) is 76.5 Å². The van der Waals surface area contributed by atoms with E-state index in [1.807, 2.05) is 49.4 Å². The van der Waals surface area contributed by atoms with Crippen LogP contribution in [0.4, 0.5) is 5.69 Å². The SMILES string of the molecule is C=C(CN(CCCN(CC)CC)Cc1ccc(C#N)cc1)Nc1c(C)cccc1Cl. The quantitative estimate of drug-likeness (QED) is 0.476. The predicted octanol–water partition coefficient (Wildman–Crippen LogP) is 5.68. The normalized spacial score (nSPS) is 11.0. The van der Waals surface area contributed by atoms with Gasteiger partial charge in [0.1, 0.15) is 0 Å². The molecule has 0 aromatic heterocycles. The summed E-state index contributed by atoms with van der Waals surface area (Å²) in [6, 6.07) is 15.9. The van der Waals surface area contributed by atoms with Gasteiger partial charge in [0.05, 0.1) is 22.3 Å². The fraction of sp³-hybridized carbons (Fsp3) is 0.400. The number of nitriles is 1. The number of aryl methyl sites for hydroxylation is 1. The Hall–Kier alpha value is -2.32. The highest BCUT2D eigenvalue weighted by molar-refractivity contribution is 6.33. The molecule has 160 valence electrons. The Morgan fingerprint density at radius 1 is 1.07 bits per heavy atom. The Kier molecular flexibility index (Phi) is 9.89. The number of rotatable bonds is 12. The Balaban J connectivity index is 2.05. The topological polar surface area (TPSA) is 42.3 Å². The van der Waals surface area contributed by atoms with Crippen LogP contribution in [-0.2, 0) is 6.54 Å². The summed E-state index contributed by atoms with van der Waals surface area (Å²) < 4.78 is 0. The van der Waals surface area contributed by atoms with Crippen molar-refractivity contribution in [1.29, 1.82) is 5.26 Å². The summed E-state index contributed by atoms with van der Waals surface area (Å²) in [5.74, 6) is 0. The number of anilines is 1. The molecule has 0 atom stereocenters.